The van der Waals surface area contributed by atoms with Crippen molar-refractivity contribution < 1.29 is 9.47 Å². The molecule has 0 atom stereocenters. The first-order chi connectivity index (χ1) is 13.2. The van der Waals surface area contributed by atoms with Gasteiger partial charge in [0.2, 0.25) is 0 Å². The second kappa shape index (κ2) is 12.9. The standard InChI is InChI=1S/C23H34N2O2/c24-20-12-10-14-22(18-20)26-16-8-6-4-2-1-3-5-7-9-17-27-23-15-11-13-21(25)19-23/h10-15,18-19H,1-9,16-17,24-25H2. The third-order valence-electron chi connectivity index (χ3n) is 4.54. The lowest BCUT2D eigenvalue weighted by Crippen LogP contribution is -1.98. The van der Waals surface area contributed by atoms with E-state index in [9.17, 15) is 0 Å². The van der Waals surface area contributed by atoms with Crippen LogP contribution in [0.25, 0.3) is 0 Å². The summed E-state index contributed by atoms with van der Waals surface area (Å²) in [5, 5.41) is 0. The Bertz CT molecular complexity index is 590. The van der Waals surface area contributed by atoms with Crippen molar-refractivity contribution in [2.24, 2.45) is 0 Å². The van der Waals surface area contributed by atoms with E-state index in [1.165, 1.54) is 44.9 Å². The molecule has 0 aromatic heterocycles. The summed E-state index contributed by atoms with van der Waals surface area (Å²) in [5.74, 6) is 1.74. The van der Waals surface area contributed by atoms with Gasteiger partial charge in [-0.25, -0.2) is 0 Å². The van der Waals surface area contributed by atoms with E-state index in [1.54, 1.807) is 0 Å². The SMILES string of the molecule is Nc1cccc(OCCCCCCCCCCCOc2cccc(N)c2)c1. The summed E-state index contributed by atoms with van der Waals surface area (Å²) in [6.45, 7) is 1.55. The van der Waals surface area contributed by atoms with Crippen LogP contribution in [-0.2, 0) is 0 Å². The highest BCUT2D eigenvalue weighted by molar-refractivity contribution is 5.44. The summed E-state index contributed by atoms with van der Waals surface area (Å²) in [4.78, 5) is 0. The van der Waals surface area contributed by atoms with Crippen LogP contribution in [0.15, 0.2) is 48.5 Å². The van der Waals surface area contributed by atoms with Gasteiger partial charge >= 0.3 is 0 Å². The molecule has 2 aromatic rings. The number of nitrogen functional groups attached to an aromatic ring is 2. The molecule has 2 rings (SSSR count). The Kier molecular flexibility index (Phi) is 10.0. The molecule has 0 heterocycles. The number of rotatable bonds is 14. The molecule has 0 unspecified atom stereocenters. The predicted octanol–water partition coefficient (Wildman–Crippen LogP) is 5.82. The number of nitrogens with two attached hydrogens (primary N) is 2. The quantitative estimate of drug-likeness (QED) is 0.325. The molecule has 0 aliphatic rings. The molecular formula is C23H34N2O2. The molecule has 0 amide bonds. The summed E-state index contributed by atoms with van der Waals surface area (Å²) in [6, 6.07) is 15.3. The Morgan fingerprint density at radius 2 is 0.889 bits per heavy atom. The van der Waals surface area contributed by atoms with Crippen LogP contribution in [0.4, 0.5) is 11.4 Å². The molecule has 0 saturated heterocycles. The Morgan fingerprint density at radius 1 is 0.519 bits per heavy atom. The third-order valence-corrected chi connectivity index (χ3v) is 4.54. The van der Waals surface area contributed by atoms with E-state index in [2.05, 4.69) is 0 Å². The highest BCUT2D eigenvalue weighted by Crippen LogP contribution is 2.16. The first kappa shape index (κ1) is 20.9. The van der Waals surface area contributed by atoms with Crippen LogP contribution >= 0.6 is 0 Å². The van der Waals surface area contributed by atoms with Crippen LogP contribution in [0.2, 0.25) is 0 Å². The molecule has 4 N–H and O–H groups in total. The molecule has 27 heavy (non-hydrogen) atoms. The zero-order valence-corrected chi connectivity index (χ0v) is 16.4. The fraction of sp³-hybridized carbons (Fsp3) is 0.478. The molecule has 0 aliphatic heterocycles. The van der Waals surface area contributed by atoms with Gasteiger partial charge in [0.25, 0.3) is 0 Å². The van der Waals surface area contributed by atoms with Crippen LogP contribution in [0.5, 0.6) is 11.5 Å². The minimum atomic E-state index is 0.754. The van der Waals surface area contributed by atoms with Gasteiger partial charge in [-0.2, -0.15) is 0 Å². The van der Waals surface area contributed by atoms with E-state index in [0.29, 0.717) is 0 Å². The molecule has 2 aromatic carbocycles. The van der Waals surface area contributed by atoms with E-state index in [1.807, 2.05) is 48.5 Å². The van der Waals surface area contributed by atoms with Crippen molar-refractivity contribution in [3.05, 3.63) is 48.5 Å². The lowest BCUT2D eigenvalue weighted by atomic mass is 10.1. The molecule has 4 nitrogen and oxygen atoms in total. The topological polar surface area (TPSA) is 70.5 Å². The summed E-state index contributed by atoms with van der Waals surface area (Å²) < 4.78 is 11.4. The van der Waals surface area contributed by atoms with Crippen LogP contribution in [0.3, 0.4) is 0 Å². The minimum Gasteiger partial charge on any atom is -0.494 e. The molecule has 0 bridgehead atoms. The van der Waals surface area contributed by atoms with Crippen LogP contribution in [0.1, 0.15) is 57.8 Å². The molecule has 148 valence electrons. The van der Waals surface area contributed by atoms with Crippen molar-refractivity contribution >= 4 is 11.4 Å². The number of anilines is 2. The highest BCUT2D eigenvalue weighted by atomic mass is 16.5. The lowest BCUT2D eigenvalue weighted by molar-refractivity contribution is 0.302. The normalized spacial score (nSPS) is 10.7. The van der Waals surface area contributed by atoms with Gasteiger partial charge in [-0.1, -0.05) is 57.1 Å². The van der Waals surface area contributed by atoms with Crippen molar-refractivity contribution in [2.45, 2.75) is 57.8 Å². The second-order valence-corrected chi connectivity index (χ2v) is 7.02. The third kappa shape index (κ3) is 9.78. The second-order valence-electron chi connectivity index (χ2n) is 7.02. The fourth-order valence-corrected chi connectivity index (χ4v) is 3.03. The average Bonchev–Trinajstić information content (AvgIpc) is 2.65. The van der Waals surface area contributed by atoms with E-state index < -0.39 is 0 Å². The van der Waals surface area contributed by atoms with Gasteiger partial charge in [0.15, 0.2) is 0 Å². The summed E-state index contributed by atoms with van der Waals surface area (Å²) in [6.07, 6.45) is 11.2. The van der Waals surface area contributed by atoms with Crippen LogP contribution < -0.4 is 20.9 Å². The molecule has 0 aliphatic carbocycles. The molecule has 0 fully saturated rings. The summed E-state index contributed by atoms with van der Waals surface area (Å²) >= 11 is 0. The Balaban J connectivity index is 1.33. The first-order valence-electron chi connectivity index (χ1n) is 10.2. The summed E-state index contributed by atoms with van der Waals surface area (Å²) in [5.41, 5.74) is 13.0. The van der Waals surface area contributed by atoms with Gasteiger partial charge in [-0.15, -0.1) is 0 Å². The van der Waals surface area contributed by atoms with Crippen LogP contribution in [-0.4, -0.2) is 13.2 Å². The van der Waals surface area contributed by atoms with Crippen LogP contribution in [0, 0.1) is 0 Å². The van der Waals surface area contributed by atoms with E-state index in [4.69, 9.17) is 20.9 Å². The van der Waals surface area contributed by atoms with Gasteiger partial charge in [0.1, 0.15) is 11.5 Å². The number of hydrogen-bond donors (Lipinski definition) is 2. The fourth-order valence-electron chi connectivity index (χ4n) is 3.03. The molecule has 4 heteroatoms. The Morgan fingerprint density at radius 3 is 1.26 bits per heavy atom. The maximum absolute atomic E-state index is 5.74. The van der Waals surface area contributed by atoms with Crippen molar-refractivity contribution in [2.75, 3.05) is 24.7 Å². The first-order valence-corrected chi connectivity index (χ1v) is 10.2. The van der Waals surface area contributed by atoms with Gasteiger partial charge in [-0.3, -0.25) is 0 Å². The number of unbranched alkanes of at least 4 members (excludes halogenated alkanes) is 8. The summed E-state index contributed by atoms with van der Waals surface area (Å²) in [7, 11) is 0. The van der Waals surface area contributed by atoms with Gasteiger partial charge in [0, 0.05) is 23.5 Å². The molecular weight excluding hydrogens is 336 g/mol. The van der Waals surface area contributed by atoms with Crippen molar-refractivity contribution in [1.82, 2.24) is 0 Å². The van der Waals surface area contributed by atoms with E-state index >= 15 is 0 Å². The Labute approximate surface area is 163 Å². The number of ether oxygens (including phenoxy) is 2. The Hall–Kier alpha value is -2.36. The van der Waals surface area contributed by atoms with Crippen molar-refractivity contribution in [1.29, 1.82) is 0 Å². The minimum absolute atomic E-state index is 0.754. The molecule has 0 radical (unpaired) electrons. The highest BCUT2D eigenvalue weighted by Gasteiger charge is 1.97. The molecule has 0 saturated carbocycles. The zero-order valence-electron chi connectivity index (χ0n) is 16.4. The van der Waals surface area contributed by atoms with Gasteiger partial charge in [-0.05, 0) is 37.1 Å². The largest absolute Gasteiger partial charge is 0.494 e. The van der Waals surface area contributed by atoms with Gasteiger partial charge < -0.3 is 20.9 Å². The molecule has 0 spiro atoms. The van der Waals surface area contributed by atoms with E-state index in [-0.39, 0.29) is 0 Å². The maximum atomic E-state index is 5.74. The zero-order chi connectivity index (χ0) is 19.2. The van der Waals surface area contributed by atoms with Crippen molar-refractivity contribution in [3.8, 4) is 11.5 Å². The predicted molar refractivity (Wildman–Crippen MR) is 114 cm³/mol. The van der Waals surface area contributed by atoms with Gasteiger partial charge in [0.05, 0.1) is 13.2 Å². The number of benzene rings is 2. The van der Waals surface area contributed by atoms with Crippen molar-refractivity contribution in [3.63, 3.8) is 0 Å². The smallest absolute Gasteiger partial charge is 0.121 e. The number of hydrogen-bond acceptors (Lipinski definition) is 4. The maximum Gasteiger partial charge on any atom is 0.121 e. The monoisotopic (exact) mass is 370 g/mol. The lowest BCUT2D eigenvalue weighted by Gasteiger charge is -2.07. The average molecular weight is 371 g/mol. The van der Waals surface area contributed by atoms with E-state index in [0.717, 1.165) is 48.9 Å².